The van der Waals surface area contributed by atoms with E-state index in [0.29, 0.717) is 11.3 Å². The van der Waals surface area contributed by atoms with Crippen LogP contribution in [-0.4, -0.2) is 16.8 Å². The van der Waals surface area contributed by atoms with Crippen molar-refractivity contribution >= 4 is 17.5 Å². The van der Waals surface area contributed by atoms with Gasteiger partial charge < -0.3 is 11.1 Å². The Balaban J connectivity index is 2.15. The van der Waals surface area contributed by atoms with Crippen LogP contribution in [-0.2, 0) is 0 Å². The Hall–Kier alpha value is -2.76. The number of carbonyl (C=O) groups is 2. The van der Waals surface area contributed by atoms with Gasteiger partial charge in [0.05, 0.1) is 11.8 Å². The maximum absolute atomic E-state index is 13.3. The first-order chi connectivity index (χ1) is 9.08. The number of nitrogens with one attached hydrogen (secondary N) is 1. The maximum atomic E-state index is 13.3. The number of hydrogen-bond donors (Lipinski definition) is 2. The number of benzene rings is 1. The maximum Gasteiger partial charge on any atom is 0.258 e. The zero-order valence-corrected chi connectivity index (χ0v) is 9.76. The van der Waals surface area contributed by atoms with Gasteiger partial charge in [-0.3, -0.25) is 14.6 Å². The fourth-order valence-electron chi connectivity index (χ4n) is 1.48. The summed E-state index contributed by atoms with van der Waals surface area (Å²) >= 11 is 0. The third-order valence-electron chi connectivity index (χ3n) is 2.44. The normalized spacial score (nSPS) is 9.95. The quantitative estimate of drug-likeness (QED) is 0.877. The Morgan fingerprint density at radius 2 is 1.84 bits per heavy atom. The number of nitrogens with zero attached hydrogens (tertiary/aromatic N) is 1. The molecule has 0 saturated carbocycles. The first-order valence-corrected chi connectivity index (χ1v) is 5.38. The Morgan fingerprint density at radius 1 is 1.16 bits per heavy atom. The third kappa shape index (κ3) is 2.92. The van der Waals surface area contributed by atoms with E-state index in [1.165, 1.54) is 36.5 Å². The van der Waals surface area contributed by atoms with Gasteiger partial charge in [-0.25, -0.2) is 4.39 Å². The van der Waals surface area contributed by atoms with E-state index >= 15 is 0 Å². The fourth-order valence-corrected chi connectivity index (χ4v) is 1.48. The van der Waals surface area contributed by atoms with Crippen molar-refractivity contribution in [2.45, 2.75) is 0 Å². The van der Waals surface area contributed by atoms with Gasteiger partial charge in [0.2, 0.25) is 5.91 Å². The van der Waals surface area contributed by atoms with Crippen LogP contribution < -0.4 is 11.1 Å². The van der Waals surface area contributed by atoms with Gasteiger partial charge in [-0.2, -0.15) is 0 Å². The van der Waals surface area contributed by atoms with E-state index in [-0.39, 0.29) is 5.56 Å². The molecule has 0 aliphatic carbocycles. The number of rotatable bonds is 3. The topological polar surface area (TPSA) is 85.1 Å². The molecule has 6 heteroatoms. The molecule has 2 aromatic rings. The minimum absolute atomic E-state index is 0.103. The smallest absolute Gasteiger partial charge is 0.258 e. The molecule has 96 valence electrons. The summed E-state index contributed by atoms with van der Waals surface area (Å²) in [6.45, 7) is 0. The number of anilines is 1. The zero-order valence-electron chi connectivity index (χ0n) is 9.76. The molecule has 0 atom stereocenters. The molecule has 5 nitrogen and oxygen atoms in total. The van der Waals surface area contributed by atoms with Crippen LogP contribution >= 0.6 is 0 Å². The van der Waals surface area contributed by atoms with Crippen molar-refractivity contribution in [2.24, 2.45) is 5.73 Å². The molecule has 2 amide bonds. The molecule has 1 heterocycles. The minimum Gasteiger partial charge on any atom is -0.366 e. The Morgan fingerprint density at radius 3 is 2.42 bits per heavy atom. The molecule has 0 saturated heterocycles. The van der Waals surface area contributed by atoms with Crippen LogP contribution in [0, 0.1) is 5.82 Å². The Bertz CT molecular complexity index is 626. The number of pyridine rings is 1. The van der Waals surface area contributed by atoms with Crippen molar-refractivity contribution in [3.05, 3.63) is 59.7 Å². The first kappa shape index (κ1) is 12.7. The monoisotopic (exact) mass is 259 g/mol. The molecule has 3 N–H and O–H groups in total. The molecule has 0 spiro atoms. The summed E-state index contributed by atoms with van der Waals surface area (Å²) in [4.78, 5) is 26.2. The Labute approximate surface area is 108 Å². The SMILES string of the molecule is NC(=O)c1ccc(NC(=O)c2ccncc2F)cc1. The lowest BCUT2D eigenvalue weighted by Crippen LogP contribution is -2.14. The van der Waals surface area contributed by atoms with Gasteiger partial charge in [0.15, 0.2) is 5.82 Å². The predicted octanol–water partition coefficient (Wildman–Crippen LogP) is 1.57. The fraction of sp³-hybridized carbons (Fsp3) is 0. The number of hydrogen-bond acceptors (Lipinski definition) is 3. The van der Waals surface area contributed by atoms with Gasteiger partial charge >= 0.3 is 0 Å². The highest BCUT2D eigenvalue weighted by Gasteiger charge is 2.11. The van der Waals surface area contributed by atoms with Crippen molar-refractivity contribution in [3.63, 3.8) is 0 Å². The summed E-state index contributed by atoms with van der Waals surface area (Å²) in [5.41, 5.74) is 5.75. The minimum atomic E-state index is -0.700. The van der Waals surface area contributed by atoms with Crippen LogP contribution in [0.15, 0.2) is 42.7 Å². The van der Waals surface area contributed by atoms with Gasteiger partial charge in [-0.1, -0.05) is 0 Å². The van der Waals surface area contributed by atoms with Gasteiger partial charge in [-0.05, 0) is 30.3 Å². The lowest BCUT2D eigenvalue weighted by molar-refractivity contribution is 0.0997. The molecule has 0 unspecified atom stereocenters. The second-order valence-electron chi connectivity index (χ2n) is 3.75. The van der Waals surface area contributed by atoms with Crippen molar-refractivity contribution in [1.29, 1.82) is 0 Å². The summed E-state index contributed by atoms with van der Waals surface area (Å²) in [6.07, 6.45) is 2.29. The third-order valence-corrected chi connectivity index (χ3v) is 2.44. The Kier molecular flexibility index (Phi) is 3.51. The summed E-state index contributed by atoms with van der Waals surface area (Å²) in [7, 11) is 0. The highest BCUT2D eigenvalue weighted by atomic mass is 19.1. The van der Waals surface area contributed by atoms with Crippen molar-refractivity contribution < 1.29 is 14.0 Å². The molecule has 0 fully saturated rings. The van der Waals surface area contributed by atoms with E-state index in [1.54, 1.807) is 0 Å². The van der Waals surface area contributed by atoms with Gasteiger partial charge in [-0.15, -0.1) is 0 Å². The van der Waals surface area contributed by atoms with Crippen molar-refractivity contribution in [2.75, 3.05) is 5.32 Å². The summed E-state index contributed by atoms with van der Waals surface area (Å²) in [6, 6.07) is 7.25. The van der Waals surface area contributed by atoms with E-state index in [1.807, 2.05) is 0 Å². The van der Waals surface area contributed by atoms with E-state index in [9.17, 15) is 14.0 Å². The number of halogens is 1. The summed E-state index contributed by atoms with van der Waals surface area (Å²) in [5.74, 6) is -1.85. The van der Waals surface area contributed by atoms with Crippen LogP contribution in [0.5, 0.6) is 0 Å². The molecule has 0 aliphatic rings. The van der Waals surface area contributed by atoms with Gasteiger partial charge in [0, 0.05) is 17.4 Å². The van der Waals surface area contributed by atoms with E-state index in [4.69, 9.17) is 5.73 Å². The van der Waals surface area contributed by atoms with Crippen molar-refractivity contribution in [1.82, 2.24) is 4.98 Å². The predicted molar refractivity (Wildman–Crippen MR) is 67.1 cm³/mol. The van der Waals surface area contributed by atoms with E-state index in [2.05, 4.69) is 10.3 Å². The number of amides is 2. The standard InChI is InChI=1S/C13H10FN3O2/c14-11-7-16-6-5-10(11)13(19)17-9-3-1-8(2-4-9)12(15)18/h1-7H,(H2,15,18)(H,17,19). The van der Waals surface area contributed by atoms with E-state index in [0.717, 1.165) is 6.20 Å². The number of primary amides is 1. The van der Waals surface area contributed by atoms with Crippen LogP contribution in [0.1, 0.15) is 20.7 Å². The van der Waals surface area contributed by atoms with Crippen molar-refractivity contribution in [3.8, 4) is 0 Å². The lowest BCUT2D eigenvalue weighted by atomic mass is 10.2. The lowest BCUT2D eigenvalue weighted by Gasteiger charge is -2.06. The molecule has 0 aliphatic heterocycles. The van der Waals surface area contributed by atoms with Crippen LogP contribution in [0.4, 0.5) is 10.1 Å². The molecule has 0 radical (unpaired) electrons. The molecule has 2 rings (SSSR count). The second kappa shape index (κ2) is 5.26. The number of carbonyl (C=O) groups excluding carboxylic acids is 2. The average Bonchev–Trinajstić information content (AvgIpc) is 2.39. The number of aromatic nitrogens is 1. The highest BCUT2D eigenvalue weighted by Crippen LogP contribution is 2.12. The summed E-state index contributed by atoms with van der Waals surface area (Å²) < 4.78 is 13.3. The highest BCUT2D eigenvalue weighted by molar-refractivity contribution is 6.04. The molecular weight excluding hydrogens is 249 g/mol. The summed E-state index contributed by atoms with van der Waals surface area (Å²) in [5, 5.41) is 2.51. The first-order valence-electron chi connectivity index (χ1n) is 5.38. The molecular formula is C13H10FN3O2. The van der Waals surface area contributed by atoms with E-state index < -0.39 is 17.6 Å². The van der Waals surface area contributed by atoms with Gasteiger partial charge in [0.1, 0.15) is 0 Å². The molecule has 19 heavy (non-hydrogen) atoms. The average molecular weight is 259 g/mol. The molecule has 1 aromatic carbocycles. The van der Waals surface area contributed by atoms with Crippen LogP contribution in [0.25, 0.3) is 0 Å². The molecule has 1 aromatic heterocycles. The van der Waals surface area contributed by atoms with Crippen LogP contribution in [0.2, 0.25) is 0 Å². The number of nitrogens with two attached hydrogens (primary N) is 1. The second-order valence-corrected chi connectivity index (χ2v) is 3.75. The van der Waals surface area contributed by atoms with Crippen LogP contribution in [0.3, 0.4) is 0 Å². The molecule has 0 bridgehead atoms. The van der Waals surface area contributed by atoms with Gasteiger partial charge in [0.25, 0.3) is 5.91 Å². The zero-order chi connectivity index (χ0) is 13.8. The largest absolute Gasteiger partial charge is 0.366 e.